The fraction of sp³-hybridized carbons (Fsp3) is 0.636. The molecule has 0 radical (unpaired) electrons. The minimum absolute atomic E-state index is 0.583. The number of nitrogens with zero attached hydrogens (tertiary/aromatic N) is 1. The van der Waals surface area contributed by atoms with Crippen LogP contribution in [0.3, 0.4) is 0 Å². The van der Waals surface area contributed by atoms with E-state index in [2.05, 4.69) is 50.3 Å². The first kappa shape index (κ1) is 27.3. The van der Waals surface area contributed by atoms with Crippen molar-refractivity contribution >= 4 is 16.9 Å². The van der Waals surface area contributed by atoms with Crippen molar-refractivity contribution in [3.05, 3.63) is 29.5 Å². The SMILES string of the molecule is CC.CC(C)(C)C(=O)O.CCCc1noc2cc(C)ccc12.CCNCC. The van der Waals surface area contributed by atoms with Gasteiger partial charge in [0.05, 0.1) is 11.1 Å². The maximum absolute atomic E-state index is 10.0. The van der Waals surface area contributed by atoms with Gasteiger partial charge in [-0.15, -0.1) is 0 Å². The molecule has 2 N–H and O–H groups in total. The van der Waals surface area contributed by atoms with Crippen LogP contribution >= 0.6 is 0 Å². The van der Waals surface area contributed by atoms with Crippen LogP contribution < -0.4 is 5.32 Å². The van der Waals surface area contributed by atoms with Crippen molar-refractivity contribution in [3.63, 3.8) is 0 Å². The predicted octanol–water partition coefficient (Wildman–Crippen LogP) is 5.85. The topological polar surface area (TPSA) is 75.4 Å². The zero-order valence-corrected chi connectivity index (χ0v) is 18.8. The van der Waals surface area contributed by atoms with Crippen molar-refractivity contribution in [2.45, 2.75) is 75.2 Å². The Balaban J connectivity index is 0. The zero-order chi connectivity index (χ0) is 21.5. The van der Waals surface area contributed by atoms with Gasteiger partial charge < -0.3 is 14.9 Å². The summed E-state index contributed by atoms with van der Waals surface area (Å²) in [4.78, 5) is 10.0. The van der Waals surface area contributed by atoms with Crippen LogP contribution in [0.15, 0.2) is 22.7 Å². The van der Waals surface area contributed by atoms with E-state index in [1.54, 1.807) is 20.8 Å². The first-order valence-corrected chi connectivity index (χ1v) is 9.96. The number of nitrogens with one attached hydrogen (secondary N) is 1. The van der Waals surface area contributed by atoms with Crippen LogP contribution in [0, 0.1) is 12.3 Å². The molecule has 0 spiro atoms. The van der Waals surface area contributed by atoms with E-state index in [0.717, 1.165) is 42.6 Å². The average molecular weight is 381 g/mol. The Labute approximate surface area is 165 Å². The van der Waals surface area contributed by atoms with Crippen LogP contribution in [0.25, 0.3) is 11.0 Å². The number of carboxylic acid groups (broad SMARTS) is 1. The lowest BCUT2D eigenvalue weighted by atomic mass is 9.98. The van der Waals surface area contributed by atoms with E-state index in [0.29, 0.717) is 0 Å². The molecule has 1 heterocycles. The number of fused-ring (bicyclic) bond motifs is 1. The minimum atomic E-state index is -0.757. The van der Waals surface area contributed by atoms with Crippen molar-refractivity contribution < 1.29 is 14.4 Å². The number of aryl methyl sites for hydroxylation is 2. The normalized spacial score (nSPS) is 9.96. The molecule has 0 saturated heterocycles. The third-order valence-electron chi connectivity index (χ3n) is 3.33. The number of aliphatic carboxylic acids is 1. The van der Waals surface area contributed by atoms with Gasteiger partial charge in [0.2, 0.25) is 0 Å². The molecule has 156 valence electrons. The van der Waals surface area contributed by atoms with Crippen LogP contribution in [-0.4, -0.2) is 29.3 Å². The Morgan fingerprint density at radius 1 is 1.15 bits per heavy atom. The molecule has 5 nitrogen and oxygen atoms in total. The van der Waals surface area contributed by atoms with Crippen molar-refractivity contribution in [3.8, 4) is 0 Å². The van der Waals surface area contributed by atoms with Crippen LogP contribution in [0.5, 0.6) is 0 Å². The molecule has 5 heteroatoms. The molecule has 0 fully saturated rings. The number of carboxylic acids is 1. The van der Waals surface area contributed by atoms with Crippen LogP contribution in [0.2, 0.25) is 0 Å². The smallest absolute Gasteiger partial charge is 0.308 e. The molecule has 1 aromatic carbocycles. The summed E-state index contributed by atoms with van der Waals surface area (Å²) in [6.07, 6.45) is 2.10. The summed E-state index contributed by atoms with van der Waals surface area (Å²) >= 11 is 0. The first-order chi connectivity index (χ1) is 12.7. The Bertz CT molecular complexity index is 626. The number of rotatable bonds is 4. The molecule has 0 saturated carbocycles. The quantitative estimate of drug-likeness (QED) is 0.696. The first-order valence-electron chi connectivity index (χ1n) is 9.96. The number of hydrogen-bond donors (Lipinski definition) is 2. The van der Waals surface area contributed by atoms with Gasteiger partial charge in [0, 0.05) is 5.39 Å². The summed E-state index contributed by atoms with van der Waals surface area (Å²) in [7, 11) is 0. The molecule has 0 aliphatic heterocycles. The van der Waals surface area contributed by atoms with Crippen LogP contribution in [0.4, 0.5) is 0 Å². The molecule has 0 unspecified atom stereocenters. The Morgan fingerprint density at radius 2 is 1.67 bits per heavy atom. The lowest BCUT2D eigenvalue weighted by Gasteiger charge is -2.08. The van der Waals surface area contributed by atoms with Crippen molar-refractivity contribution in [2.24, 2.45) is 5.41 Å². The van der Waals surface area contributed by atoms with Gasteiger partial charge in [-0.1, -0.05) is 52.3 Å². The highest BCUT2D eigenvalue weighted by Gasteiger charge is 2.18. The maximum Gasteiger partial charge on any atom is 0.308 e. The lowest BCUT2D eigenvalue weighted by molar-refractivity contribution is -0.145. The van der Waals surface area contributed by atoms with E-state index in [4.69, 9.17) is 9.63 Å². The fourth-order valence-corrected chi connectivity index (χ4v) is 1.76. The van der Waals surface area contributed by atoms with Gasteiger partial charge in [-0.3, -0.25) is 4.79 Å². The highest BCUT2D eigenvalue weighted by molar-refractivity contribution is 5.79. The van der Waals surface area contributed by atoms with Gasteiger partial charge in [-0.05, 0) is 64.9 Å². The van der Waals surface area contributed by atoms with E-state index in [-0.39, 0.29) is 0 Å². The average Bonchev–Trinajstić information content (AvgIpc) is 3.00. The largest absolute Gasteiger partial charge is 0.481 e. The number of hydrogen-bond acceptors (Lipinski definition) is 4. The van der Waals surface area contributed by atoms with Gasteiger partial charge >= 0.3 is 5.97 Å². The number of aromatic nitrogens is 1. The van der Waals surface area contributed by atoms with Gasteiger partial charge in [-0.25, -0.2) is 0 Å². The third kappa shape index (κ3) is 12.2. The van der Waals surface area contributed by atoms with Crippen molar-refractivity contribution in [1.82, 2.24) is 10.5 Å². The van der Waals surface area contributed by atoms with Gasteiger partial charge in [0.1, 0.15) is 0 Å². The molecule has 0 aliphatic carbocycles. The Morgan fingerprint density at radius 3 is 2.04 bits per heavy atom. The second-order valence-electron chi connectivity index (χ2n) is 6.89. The highest BCUT2D eigenvalue weighted by atomic mass is 16.5. The molecular weight excluding hydrogens is 340 g/mol. The Kier molecular flexibility index (Phi) is 15.4. The van der Waals surface area contributed by atoms with E-state index in [9.17, 15) is 4.79 Å². The van der Waals surface area contributed by atoms with E-state index in [1.807, 2.05) is 19.9 Å². The monoisotopic (exact) mass is 380 g/mol. The number of benzene rings is 1. The molecule has 0 aliphatic rings. The standard InChI is InChI=1S/C11H13NO.C5H10O2.C4H11N.C2H6/c1-3-4-10-9-6-5-8(2)7-11(9)13-12-10;1-5(2,3)4(6)7;1-3-5-4-2;1-2/h5-7H,3-4H2,1-2H3;1-3H3,(H,6,7);5H,3-4H2,1-2H3;1-2H3. The summed E-state index contributed by atoms with van der Waals surface area (Å²) in [5.41, 5.74) is 2.62. The number of carbonyl (C=O) groups is 1. The van der Waals surface area contributed by atoms with E-state index in [1.165, 1.54) is 5.56 Å². The molecule has 1 aromatic heterocycles. The second-order valence-corrected chi connectivity index (χ2v) is 6.89. The van der Waals surface area contributed by atoms with Gasteiger partial charge in [0.15, 0.2) is 5.58 Å². The summed E-state index contributed by atoms with van der Waals surface area (Å²) < 4.78 is 5.23. The molecule has 0 amide bonds. The summed E-state index contributed by atoms with van der Waals surface area (Å²) in [5.74, 6) is -0.757. The van der Waals surface area contributed by atoms with Crippen molar-refractivity contribution in [2.75, 3.05) is 13.1 Å². The van der Waals surface area contributed by atoms with E-state index >= 15 is 0 Å². The summed E-state index contributed by atoms with van der Waals surface area (Å²) in [6.45, 7) is 19.6. The Hall–Kier alpha value is -1.88. The molecule has 2 aromatic rings. The van der Waals surface area contributed by atoms with Crippen molar-refractivity contribution in [1.29, 1.82) is 0 Å². The highest BCUT2D eigenvalue weighted by Crippen LogP contribution is 2.20. The molecule has 0 atom stereocenters. The molecule has 27 heavy (non-hydrogen) atoms. The second kappa shape index (κ2) is 15.2. The minimum Gasteiger partial charge on any atom is -0.481 e. The fourth-order valence-electron chi connectivity index (χ4n) is 1.76. The zero-order valence-electron chi connectivity index (χ0n) is 18.8. The molecular formula is C22H40N2O3. The molecule has 0 bridgehead atoms. The summed E-state index contributed by atoms with van der Waals surface area (Å²) in [6, 6.07) is 6.21. The molecule has 2 rings (SSSR count). The lowest BCUT2D eigenvalue weighted by Crippen LogP contribution is -2.18. The predicted molar refractivity (Wildman–Crippen MR) is 115 cm³/mol. The van der Waals surface area contributed by atoms with Gasteiger partial charge in [0.25, 0.3) is 0 Å². The van der Waals surface area contributed by atoms with Crippen LogP contribution in [0.1, 0.15) is 73.1 Å². The van der Waals surface area contributed by atoms with Gasteiger partial charge in [-0.2, -0.15) is 0 Å². The summed E-state index contributed by atoms with van der Waals surface area (Å²) in [5, 5.41) is 16.6. The third-order valence-corrected chi connectivity index (χ3v) is 3.33. The maximum atomic E-state index is 10.0. The van der Waals surface area contributed by atoms with Crippen LogP contribution in [-0.2, 0) is 11.2 Å². The van der Waals surface area contributed by atoms with E-state index < -0.39 is 11.4 Å².